The van der Waals surface area contributed by atoms with Crippen LogP contribution >= 0.6 is 0 Å². The smallest absolute Gasteiger partial charge is 0.326 e. The minimum Gasteiger partial charge on any atom is -0.491 e. The van der Waals surface area contributed by atoms with E-state index in [0.29, 0.717) is 19.3 Å². The van der Waals surface area contributed by atoms with E-state index in [4.69, 9.17) is 9.47 Å². The highest BCUT2D eigenvalue weighted by Gasteiger charge is 2.29. The average Bonchev–Trinajstić information content (AvgIpc) is 3.23. The van der Waals surface area contributed by atoms with E-state index in [9.17, 15) is 4.79 Å². The predicted octanol–water partition coefficient (Wildman–Crippen LogP) is 2.37. The van der Waals surface area contributed by atoms with Crippen molar-refractivity contribution in [3.05, 3.63) is 29.3 Å². The number of ether oxygens (including phenoxy) is 2. The average molecular weight is 277 g/mol. The number of aryl methyl sites for hydroxylation is 1. The maximum absolute atomic E-state index is 11.9. The van der Waals surface area contributed by atoms with Crippen LogP contribution < -0.4 is 10.1 Å². The lowest BCUT2D eigenvalue weighted by atomic mass is 10.1. The first-order valence-corrected chi connectivity index (χ1v) is 7.23. The van der Waals surface area contributed by atoms with Gasteiger partial charge in [-0.2, -0.15) is 0 Å². The number of carbonyl (C=O) groups excluding carboxylic acids is 1. The van der Waals surface area contributed by atoms with E-state index in [1.54, 1.807) is 0 Å². The standard InChI is InChI=1S/C16H23NO3/c1-4-19-16(18)14(17-13-8-9-13)10-20-15-7-5-6-11(2)12(15)3/h5-7,13-14,17H,4,8-10H2,1-3H3. The first-order valence-electron chi connectivity index (χ1n) is 7.23. The minimum atomic E-state index is -0.387. The lowest BCUT2D eigenvalue weighted by molar-refractivity contribution is -0.146. The zero-order valence-electron chi connectivity index (χ0n) is 12.4. The zero-order valence-corrected chi connectivity index (χ0v) is 12.4. The van der Waals surface area contributed by atoms with Gasteiger partial charge in [-0.3, -0.25) is 10.1 Å². The van der Waals surface area contributed by atoms with E-state index in [1.165, 1.54) is 5.56 Å². The molecule has 1 saturated carbocycles. The van der Waals surface area contributed by atoms with Gasteiger partial charge < -0.3 is 9.47 Å². The molecule has 1 aliphatic carbocycles. The van der Waals surface area contributed by atoms with Crippen LogP contribution in [0, 0.1) is 13.8 Å². The topological polar surface area (TPSA) is 47.6 Å². The van der Waals surface area contributed by atoms with Crippen molar-refractivity contribution in [3.8, 4) is 5.75 Å². The second kappa shape index (κ2) is 6.75. The van der Waals surface area contributed by atoms with E-state index < -0.39 is 0 Å². The van der Waals surface area contributed by atoms with E-state index >= 15 is 0 Å². The summed E-state index contributed by atoms with van der Waals surface area (Å²) in [6.07, 6.45) is 2.25. The SMILES string of the molecule is CCOC(=O)C(COc1cccc(C)c1C)NC1CC1. The number of esters is 1. The van der Waals surface area contributed by atoms with Crippen molar-refractivity contribution in [1.82, 2.24) is 5.32 Å². The highest BCUT2D eigenvalue weighted by molar-refractivity contribution is 5.76. The monoisotopic (exact) mass is 277 g/mol. The first kappa shape index (κ1) is 14.9. The molecule has 110 valence electrons. The van der Waals surface area contributed by atoms with E-state index in [1.807, 2.05) is 39.0 Å². The molecule has 1 N–H and O–H groups in total. The Hall–Kier alpha value is -1.55. The Morgan fingerprint density at radius 2 is 2.15 bits per heavy atom. The van der Waals surface area contributed by atoms with Gasteiger partial charge in [0.25, 0.3) is 0 Å². The van der Waals surface area contributed by atoms with Crippen molar-refractivity contribution >= 4 is 5.97 Å². The zero-order chi connectivity index (χ0) is 14.5. The largest absolute Gasteiger partial charge is 0.491 e. The number of nitrogens with one attached hydrogen (secondary N) is 1. The molecule has 1 aliphatic rings. The third-order valence-electron chi connectivity index (χ3n) is 3.55. The van der Waals surface area contributed by atoms with Crippen LogP contribution in [0.2, 0.25) is 0 Å². The summed E-state index contributed by atoms with van der Waals surface area (Å²) in [6.45, 7) is 6.59. The maximum atomic E-state index is 11.9. The van der Waals surface area contributed by atoms with Crippen molar-refractivity contribution in [2.24, 2.45) is 0 Å². The van der Waals surface area contributed by atoms with Crippen LogP contribution in [0.25, 0.3) is 0 Å². The Morgan fingerprint density at radius 3 is 2.80 bits per heavy atom. The molecule has 0 amide bonds. The van der Waals surface area contributed by atoms with Crippen molar-refractivity contribution in [2.45, 2.75) is 45.7 Å². The summed E-state index contributed by atoms with van der Waals surface area (Å²) in [5, 5.41) is 3.28. The number of benzene rings is 1. The quantitative estimate of drug-likeness (QED) is 0.777. The summed E-state index contributed by atoms with van der Waals surface area (Å²) < 4.78 is 10.9. The van der Waals surface area contributed by atoms with Gasteiger partial charge >= 0.3 is 5.97 Å². The lowest BCUT2D eigenvalue weighted by Crippen LogP contribution is -2.43. The summed E-state index contributed by atoms with van der Waals surface area (Å²) in [6, 6.07) is 5.99. The second-order valence-electron chi connectivity index (χ2n) is 5.25. The van der Waals surface area contributed by atoms with Crippen LogP contribution in [0.1, 0.15) is 30.9 Å². The van der Waals surface area contributed by atoms with Crippen molar-refractivity contribution < 1.29 is 14.3 Å². The molecule has 1 fully saturated rings. The highest BCUT2D eigenvalue weighted by Crippen LogP contribution is 2.22. The summed E-state index contributed by atoms with van der Waals surface area (Å²) >= 11 is 0. The molecule has 4 nitrogen and oxygen atoms in total. The van der Waals surface area contributed by atoms with Crippen molar-refractivity contribution in [3.63, 3.8) is 0 Å². The van der Waals surface area contributed by atoms with Gasteiger partial charge in [-0.25, -0.2) is 0 Å². The maximum Gasteiger partial charge on any atom is 0.326 e. The molecular formula is C16H23NO3. The molecule has 2 rings (SSSR count). The molecular weight excluding hydrogens is 254 g/mol. The fraction of sp³-hybridized carbons (Fsp3) is 0.562. The molecule has 0 radical (unpaired) electrons. The summed E-state index contributed by atoms with van der Waals surface area (Å²) in [7, 11) is 0. The molecule has 1 atom stereocenters. The Bertz CT molecular complexity index is 469. The molecule has 20 heavy (non-hydrogen) atoms. The number of hydrogen-bond donors (Lipinski definition) is 1. The van der Waals surface area contributed by atoms with Gasteiger partial charge in [0.1, 0.15) is 18.4 Å². The molecule has 0 aromatic heterocycles. The Labute approximate surface area is 120 Å². The Morgan fingerprint density at radius 1 is 1.40 bits per heavy atom. The molecule has 4 heteroatoms. The van der Waals surface area contributed by atoms with Crippen LogP contribution in [0.4, 0.5) is 0 Å². The van der Waals surface area contributed by atoms with Gasteiger partial charge in [-0.15, -0.1) is 0 Å². The van der Waals surface area contributed by atoms with Gasteiger partial charge in [-0.05, 0) is 50.8 Å². The van der Waals surface area contributed by atoms with Crippen LogP contribution in [0.5, 0.6) is 5.75 Å². The fourth-order valence-electron chi connectivity index (χ4n) is 2.02. The fourth-order valence-corrected chi connectivity index (χ4v) is 2.02. The van der Waals surface area contributed by atoms with Crippen LogP contribution in [0.3, 0.4) is 0 Å². The van der Waals surface area contributed by atoms with Gasteiger partial charge in [0.05, 0.1) is 6.61 Å². The second-order valence-corrected chi connectivity index (χ2v) is 5.25. The normalized spacial score (nSPS) is 15.8. The molecule has 0 saturated heterocycles. The molecule has 1 aromatic carbocycles. The van der Waals surface area contributed by atoms with Crippen LogP contribution in [0.15, 0.2) is 18.2 Å². The number of rotatable bonds is 7. The van der Waals surface area contributed by atoms with Crippen molar-refractivity contribution in [2.75, 3.05) is 13.2 Å². The Kier molecular flexibility index (Phi) is 5.01. The number of carbonyl (C=O) groups is 1. The van der Waals surface area contributed by atoms with Gasteiger partial charge in [0, 0.05) is 6.04 Å². The molecule has 1 aromatic rings. The number of hydrogen-bond acceptors (Lipinski definition) is 4. The lowest BCUT2D eigenvalue weighted by Gasteiger charge is -2.18. The third kappa shape index (κ3) is 3.97. The van der Waals surface area contributed by atoms with E-state index in [2.05, 4.69) is 5.32 Å². The first-order chi connectivity index (χ1) is 9.61. The highest BCUT2D eigenvalue weighted by atomic mass is 16.5. The van der Waals surface area contributed by atoms with Gasteiger partial charge in [0.2, 0.25) is 0 Å². The van der Waals surface area contributed by atoms with Crippen LogP contribution in [-0.4, -0.2) is 31.3 Å². The van der Waals surface area contributed by atoms with Gasteiger partial charge in [0.15, 0.2) is 0 Å². The summed E-state index contributed by atoms with van der Waals surface area (Å²) in [5.74, 6) is 0.599. The molecule has 0 bridgehead atoms. The van der Waals surface area contributed by atoms with Crippen LogP contribution in [-0.2, 0) is 9.53 Å². The third-order valence-corrected chi connectivity index (χ3v) is 3.55. The summed E-state index contributed by atoms with van der Waals surface area (Å²) in [5.41, 5.74) is 2.30. The molecule has 0 aliphatic heterocycles. The Balaban J connectivity index is 1.96. The minimum absolute atomic E-state index is 0.232. The van der Waals surface area contributed by atoms with E-state index in [0.717, 1.165) is 24.2 Å². The molecule has 0 heterocycles. The van der Waals surface area contributed by atoms with E-state index in [-0.39, 0.29) is 12.0 Å². The van der Waals surface area contributed by atoms with Gasteiger partial charge in [-0.1, -0.05) is 12.1 Å². The molecule has 0 spiro atoms. The predicted molar refractivity (Wildman–Crippen MR) is 78.0 cm³/mol. The van der Waals surface area contributed by atoms with Crippen molar-refractivity contribution in [1.29, 1.82) is 0 Å². The molecule has 1 unspecified atom stereocenters. The summed E-state index contributed by atoms with van der Waals surface area (Å²) in [4.78, 5) is 11.9.